The summed E-state index contributed by atoms with van der Waals surface area (Å²) in [5.41, 5.74) is -9.22. The Morgan fingerprint density at radius 1 is 0.545 bits per heavy atom. The maximum atomic E-state index is 13.2. The van der Waals surface area contributed by atoms with Crippen LogP contribution < -0.4 is 0 Å². The maximum absolute atomic E-state index is 13.2. The smallest absolute Gasteiger partial charge is 0.368 e. The van der Waals surface area contributed by atoms with Crippen molar-refractivity contribution in [3.8, 4) is 0 Å². The molecule has 0 radical (unpaired) electrons. The lowest BCUT2D eigenvalue weighted by Gasteiger charge is -2.23. The Bertz CT molecular complexity index is 833. The summed E-state index contributed by atoms with van der Waals surface area (Å²) in [6.45, 7) is -0.610. The maximum Gasteiger partial charge on any atom is 0.416 e. The number of alkyl halides is 13. The minimum Gasteiger partial charge on any atom is -0.368 e. The van der Waals surface area contributed by atoms with Gasteiger partial charge in [0.2, 0.25) is 0 Å². The Balaban J connectivity index is 2.83. The van der Waals surface area contributed by atoms with Gasteiger partial charge in [0.05, 0.1) is 28.9 Å². The molecule has 33 heavy (non-hydrogen) atoms. The molecule has 0 saturated heterocycles. The molecule has 0 N–H and O–H groups in total. The molecule has 14 heteroatoms. The lowest BCUT2D eigenvalue weighted by Crippen LogP contribution is -2.17. The first-order chi connectivity index (χ1) is 14.8. The second-order valence-electron chi connectivity index (χ2n) is 6.62. The molecule has 0 amide bonds. The van der Waals surface area contributed by atoms with Gasteiger partial charge < -0.3 is 4.74 Å². The van der Waals surface area contributed by atoms with Crippen molar-refractivity contribution in [2.24, 2.45) is 0 Å². The van der Waals surface area contributed by atoms with Gasteiger partial charge in [-0.25, -0.2) is 0 Å². The zero-order valence-electron chi connectivity index (χ0n) is 15.8. The molecule has 0 bridgehead atoms. The second-order valence-corrected chi connectivity index (χ2v) is 7.00. The van der Waals surface area contributed by atoms with E-state index in [1.807, 2.05) is 0 Å². The average molecular weight is 519 g/mol. The van der Waals surface area contributed by atoms with Crippen LogP contribution in [0, 0.1) is 0 Å². The second kappa shape index (κ2) is 9.24. The number of hydrogen-bond acceptors (Lipinski definition) is 1. The van der Waals surface area contributed by atoms with E-state index >= 15 is 0 Å². The highest BCUT2D eigenvalue weighted by molar-refractivity contribution is 6.17. The van der Waals surface area contributed by atoms with Gasteiger partial charge >= 0.3 is 24.7 Å². The van der Waals surface area contributed by atoms with Gasteiger partial charge in [-0.05, 0) is 47.5 Å². The van der Waals surface area contributed by atoms with Gasteiger partial charge in [-0.3, -0.25) is 0 Å². The number of hydrogen-bond donors (Lipinski definition) is 0. The largest absolute Gasteiger partial charge is 0.416 e. The Hall–Kier alpha value is -2.15. The molecule has 0 aliphatic rings. The molecule has 1 nitrogen and oxygen atoms in total. The van der Waals surface area contributed by atoms with Crippen LogP contribution in [-0.4, -0.2) is 12.5 Å². The number of rotatable bonds is 5. The monoisotopic (exact) mass is 518 g/mol. The van der Waals surface area contributed by atoms with Crippen LogP contribution in [0.2, 0.25) is 0 Å². The van der Waals surface area contributed by atoms with Crippen LogP contribution in [0.15, 0.2) is 36.4 Å². The molecule has 0 aliphatic heterocycles. The van der Waals surface area contributed by atoms with Crippen LogP contribution in [-0.2, 0) is 29.4 Å². The summed E-state index contributed by atoms with van der Waals surface area (Å²) in [5.74, 6) is -0.410. The van der Waals surface area contributed by atoms with Crippen molar-refractivity contribution >= 4 is 11.6 Å². The van der Waals surface area contributed by atoms with E-state index in [4.69, 9.17) is 16.3 Å². The Morgan fingerprint density at radius 2 is 0.818 bits per heavy atom. The van der Waals surface area contributed by atoms with Crippen molar-refractivity contribution in [1.82, 2.24) is 0 Å². The zero-order valence-corrected chi connectivity index (χ0v) is 16.5. The molecule has 2 aromatic rings. The third-order valence-electron chi connectivity index (χ3n) is 4.19. The zero-order chi connectivity index (χ0) is 25.4. The fourth-order valence-electron chi connectivity index (χ4n) is 2.81. The molecular formula is C19H11ClF12O. The average Bonchev–Trinajstić information content (AvgIpc) is 2.65. The summed E-state index contributed by atoms with van der Waals surface area (Å²) < 4.78 is 163. The van der Waals surface area contributed by atoms with E-state index in [-0.39, 0.29) is 36.4 Å². The van der Waals surface area contributed by atoms with E-state index < -0.39 is 76.7 Å². The molecular weight excluding hydrogens is 508 g/mol. The predicted molar refractivity (Wildman–Crippen MR) is 91.4 cm³/mol. The first-order valence-electron chi connectivity index (χ1n) is 8.60. The standard InChI is InChI=1S/C19H11ClF12O/c20-1-2-33-15(9-3-11(16(21,22)23)7-12(4-9)17(24,25)26)10-5-13(18(27,28)29)8-14(6-10)19(30,31)32/h3-8,15H,1-2H2. The van der Waals surface area contributed by atoms with Crippen LogP contribution in [0.3, 0.4) is 0 Å². The molecule has 0 aliphatic carbocycles. The number of ether oxygens (including phenoxy) is 1. The van der Waals surface area contributed by atoms with Crippen molar-refractivity contribution in [2.45, 2.75) is 30.8 Å². The molecule has 0 atom stereocenters. The molecule has 0 saturated carbocycles. The lowest BCUT2D eigenvalue weighted by atomic mass is 9.93. The predicted octanol–water partition coefficient (Wildman–Crippen LogP) is 8.11. The van der Waals surface area contributed by atoms with Crippen molar-refractivity contribution in [3.63, 3.8) is 0 Å². The van der Waals surface area contributed by atoms with Gasteiger partial charge in [-0.15, -0.1) is 11.6 Å². The molecule has 0 heterocycles. The fraction of sp³-hybridized carbons (Fsp3) is 0.368. The van der Waals surface area contributed by atoms with E-state index in [0.717, 1.165) is 0 Å². The van der Waals surface area contributed by atoms with Crippen molar-refractivity contribution in [1.29, 1.82) is 0 Å². The van der Waals surface area contributed by atoms with Crippen LogP contribution in [0.25, 0.3) is 0 Å². The first kappa shape index (κ1) is 27.1. The van der Waals surface area contributed by atoms with Crippen molar-refractivity contribution in [3.05, 3.63) is 69.8 Å². The van der Waals surface area contributed by atoms with Crippen molar-refractivity contribution < 1.29 is 57.4 Å². The minimum atomic E-state index is -5.31. The molecule has 0 aromatic heterocycles. The van der Waals surface area contributed by atoms with Gasteiger partial charge in [0.25, 0.3) is 0 Å². The van der Waals surface area contributed by atoms with E-state index in [1.165, 1.54) is 0 Å². The summed E-state index contributed by atoms with van der Waals surface area (Å²) in [6, 6.07) is 0.136. The van der Waals surface area contributed by atoms with E-state index in [0.29, 0.717) is 0 Å². The van der Waals surface area contributed by atoms with Gasteiger partial charge in [0.1, 0.15) is 6.10 Å². The van der Waals surface area contributed by atoms with E-state index in [9.17, 15) is 52.7 Å². The Labute approximate surface area is 182 Å². The SMILES string of the molecule is FC(F)(F)c1cc(C(OCCCl)c2cc(C(F)(F)F)cc(C(F)(F)F)c2)cc(C(F)(F)F)c1. The Morgan fingerprint density at radius 3 is 1.03 bits per heavy atom. The molecule has 0 fully saturated rings. The summed E-state index contributed by atoms with van der Waals surface area (Å²) in [6.07, 6.45) is -23.4. The lowest BCUT2D eigenvalue weighted by molar-refractivity contribution is -0.144. The summed E-state index contributed by atoms with van der Waals surface area (Å²) in [7, 11) is 0. The molecule has 184 valence electrons. The summed E-state index contributed by atoms with van der Waals surface area (Å²) >= 11 is 5.39. The van der Waals surface area contributed by atoms with Gasteiger partial charge in [-0.2, -0.15) is 52.7 Å². The molecule has 0 unspecified atom stereocenters. The third kappa shape index (κ3) is 6.92. The van der Waals surface area contributed by atoms with Crippen LogP contribution >= 0.6 is 11.6 Å². The van der Waals surface area contributed by atoms with Crippen LogP contribution in [0.1, 0.15) is 39.5 Å². The van der Waals surface area contributed by atoms with Crippen molar-refractivity contribution in [2.75, 3.05) is 12.5 Å². The molecule has 2 rings (SSSR count). The highest BCUT2D eigenvalue weighted by Crippen LogP contribution is 2.42. The van der Waals surface area contributed by atoms with Crippen LogP contribution in [0.4, 0.5) is 52.7 Å². The van der Waals surface area contributed by atoms with Gasteiger partial charge in [0.15, 0.2) is 0 Å². The summed E-state index contributed by atoms with van der Waals surface area (Å²) in [4.78, 5) is 0. The van der Waals surface area contributed by atoms with E-state index in [2.05, 4.69) is 0 Å². The van der Waals surface area contributed by atoms with Gasteiger partial charge in [0, 0.05) is 5.88 Å². The third-order valence-corrected chi connectivity index (χ3v) is 4.34. The molecule has 0 spiro atoms. The van der Waals surface area contributed by atoms with Crippen LogP contribution in [0.5, 0.6) is 0 Å². The number of halogens is 13. The van der Waals surface area contributed by atoms with E-state index in [1.54, 1.807) is 0 Å². The summed E-state index contributed by atoms with van der Waals surface area (Å²) in [5, 5.41) is 0. The topological polar surface area (TPSA) is 9.23 Å². The fourth-order valence-corrected chi connectivity index (χ4v) is 2.90. The van der Waals surface area contributed by atoms with Gasteiger partial charge in [-0.1, -0.05) is 0 Å². The molecule has 2 aromatic carbocycles. The highest BCUT2D eigenvalue weighted by Gasteiger charge is 2.40. The highest BCUT2D eigenvalue weighted by atomic mass is 35.5. The first-order valence-corrected chi connectivity index (χ1v) is 9.14. The minimum absolute atomic E-state index is 0.154. The quantitative estimate of drug-likeness (QED) is 0.287. The Kier molecular flexibility index (Phi) is 7.59. The normalized spacial score (nSPS) is 13.6. The number of benzene rings is 2.